The Hall–Kier alpha value is -1.13. The van der Waals surface area contributed by atoms with Crippen molar-refractivity contribution in [1.29, 1.82) is 0 Å². The van der Waals surface area contributed by atoms with Gasteiger partial charge in [0.15, 0.2) is 5.11 Å². The van der Waals surface area contributed by atoms with E-state index in [2.05, 4.69) is 53.6 Å². The molecule has 23 heavy (non-hydrogen) atoms. The minimum Gasteiger partial charge on any atom is -0.363 e. The van der Waals surface area contributed by atoms with Crippen molar-refractivity contribution in [3.63, 3.8) is 0 Å². The molecule has 2 aliphatic heterocycles. The van der Waals surface area contributed by atoms with Crippen molar-refractivity contribution in [2.45, 2.75) is 70.6 Å². The lowest BCUT2D eigenvalue weighted by Gasteiger charge is -2.49. The SMILES string of the molecule is CCNC(=S)NC1C[C@@H]2CCC[C@@H](C1)N2Cc1ccc(C)cc1. The molecule has 0 radical (unpaired) electrons. The van der Waals surface area contributed by atoms with E-state index in [0.29, 0.717) is 18.1 Å². The minimum atomic E-state index is 0.533. The maximum absolute atomic E-state index is 5.38. The molecule has 2 saturated heterocycles. The molecule has 3 nitrogen and oxygen atoms in total. The smallest absolute Gasteiger partial charge is 0.166 e. The van der Waals surface area contributed by atoms with Crippen molar-refractivity contribution in [1.82, 2.24) is 15.5 Å². The molecule has 1 aromatic rings. The molecule has 0 spiro atoms. The van der Waals surface area contributed by atoms with Crippen LogP contribution in [-0.2, 0) is 6.54 Å². The van der Waals surface area contributed by atoms with Crippen LogP contribution in [0.4, 0.5) is 0 Å². The fourth-order valence-corrected chi connectivity index (χ4v) is 4.47. The Labute approximate surface area is 145 Å². The predicted molar refractivity (Wildman–Crippen MR) is 101 cm³/mol. The van der Waals surface area contributed by atoms with E-state index in [4.69, 9.17) is 12.2 Å². The van der Waals surface area contributed by atoms with E-state index in [-0.39, 0.29) is 0 Å². The van der Waals surface area contributed by atoms with Gasteiger partial charge in [-0.25, -0.2) is 0 Å². The minimum absolute atomic E-state index is 0.533. The number of piperidine rings is 2. The first kappa shape index (κ1) is 16.7. The van der Waals surface area contributed by atoms with E-state index in [0.717, 1.165) is 18.2 Å². The zero-order chi connectivity index (χ0) is 16.2. The molecule has 2 bridgehead atoms. The number of thiocarbonyl (C=S) groups is 1. The third-order valence-electron chi connectivity index (χ3n) is 5.28. The van der Waals surface area contributed by atoms with Crippen LogP contribution >= 0.6 is 12.2 Å². The van der Waals surface area contributed by atoms with Crippen LogP contribution in [0.3, 0.4) is 0 Å². The molecule has 0 amide bonds. The van der Waals surface area contributed by atoms with Gasteiger partial charge in [-0.15, -0.1) is 0 Å². The van der Waals surface area contributed by atoms with Gasteiger partial charge in [-0.1, -0.05) is 36.2 Å². The van der Waals surface area contributed by atoms with E-state index in [1.807, 2.05) is 0 Å². The summed E-state index contributed by atoms with van der Waals surface area (Å²) < 4.78 is 0. The van der Waals surface area contributed by atoms with Crippen LogP contribution in [0.15, 0.2) is 24.3 Å². The summed E-state index contributed by atoms with van der Waals surface area (Å²) in [5.41, 5.74) is 2.79. The van der Waals surface area contributed by atoms with Crippen molar-refractivity contribution in [2.24, 2.45) is 0 Å². The molecule has 2 atom stereocenters. The Morgan fingerprint density at radius 3 is 2.43 bits per heavy atom. The zero-order valence-corrected chi connectivity index (χ0v) is 15.2. The van der Waals surface area contributed by atoms with E-state index in [9.17, 15) is 0 Å². The first-order valence-electron chi connectivity index (χ1n) is 9.01. The summed E-state index contributed by atoms with van der Waals surface area (Å²) in [5.74, 6) is 0. The predicted octanol–water partition coefficient (Wildman–Crippen LogP) is 3.36. The van der Waals surface area contributed by atoms with Crippen LogP contribution < -0.4 is 10.6 Å². The van der Waals surface area contributed by atoms with Crippen molar-refractivity contribution >= 4 is 17.3 Å². The summed E-state index contributed by atoms with van der Waals surface area (Å²) in [4.78, 5) is 2.75. The molecule has 0 saturated carbocycles. The molecule has 126 valence electrons. The highest BCUT2D eigenvalue weighted by molar-refractivity contribution is 7.80. The lowest BCUT2D eigenvalue weighted by atomic mass is 9.81. The summed E-state index contributed by atoms with van der Waals surface area (Å²) in [5, 5.41) is 7.58. The van der Waals surface area contributed by atoms with Gasteiger partial charge in [0.25, 0.3) is 0 Å². The molecular formula is C19H29N3S. The monoisotopic (exact) mass is 331 g/mol. The Kier molecular flexibility index (Phi) is 5.54. The van der Waals surface area contributed by atoms with Crippen molar-refractivity contribution in [3.05, 3.63) is 35.4 Å². The molecule has 2 aliphatic rings. The summed E-state index contributed by atoms with van der Waals surface area (Å²) in [6.45, 7) is 6.24. The van der Waals surface area contributed by atoms with Gasteiger partial charge in [0.1, 0.15) is 0 Å². The number of rotatable bonds is 4. The Morgan fingerprint density at radius 1 is 1.17 bits per heavy atom. The molecule has 2 fully saturated rings. The normalized spacial score (nSPS) is 27.5. The van der Waals surface area contributed by atoms with E-state index < -0.39 is 0 Å². The maximum Gasteiger partial charge on any atom is 0.166 e. The first-order chi connectivity index (χ1) is 11.2. The van der Waals surface area contributed by atoms with Gasteiger partial charge >= 0.3 is 0 Å². The highest BCUT2D eigenvalue weighted by Gasteiger charge is 2.38. The summed E-state index contributed by atoms with van der Waals surface area (Å²) in [6, 6.07) is 11.0. The van der Waals surface area contributed by atoms with Crippen molar-refractivity contribution in [2.75, 3.05) is 6.54 Å². The van der Waals surface area contributed by atoms with Crippen molar-refractivity contribution < 1.29 is 0 Å². The third-order valence-corrected chi connectivity index (χ3v) is 5.55. The van der Waals surface area contributed by atoms with E-state index in [1.54, 1.807) is 0 Å². The molecule has 4 heteroatoms. The lowest BCUT2D eigenvalue weighted by Crippen LogP contribution is -2.57. The molecule has 0 aliphatic carbocycles. The molecule has 0 aromatic heterocycles. The van der Waals surface area contributed by atoms with Crippen LogP contribution in [0.2, 0.25) is 0 Å². The average molecular weight is 332 g/mol. The Bertz CT molecular complexity index is 514. The first-order valence-corrected chi connectivity index (χ1v) is 9.42. The number of nitrogens with one attached hydrogen (secondary N) is 2. The van der Waals surface area contributed by atoms with E-state index >= 15 is 0 Å². The fourth-order valence-electron chi connectivity index (χ4n) is 4.16. The van der Waals surface area contributed by atoms with Gasteiger partial charge in [0, 0.05) is 31.2 Å². The van der Waals surface area contributed by atoms with Gasteiger partial charge in [0.05, 0.1) is 0 Å². The Morgan fingerprint density at radius 2 is 1.83 bits per heavy atom. The van der Waals surface area contributed by atoms with Crippen LogP contribution in [0.1, 0.15) is 50.2 Å². The summed E-state index contributed by atoms with van der Waals surface area (Å²) in [6.07, 6.45) is 6.47. The highest BCUT2D eigenvalue weighted by Crippen LogP contribution is 2.35. The topological polar surface area (TPSA) is 27.3 Å². The third kappa shape index (κ3) is 4.24. The molecule has 0 unspecified atom stereocenters. The van der Waals surface area contributed by atoms with Crippen LogP contribution in [0.25, 0.3) is 0 Å². The van der Waals surface area contributed by atoms with Crippen LogP contribution in [-0.4, -0.2) is 34.7 Å². The summed E-state index contributed by atoms with van der Waals surface area (Å²) >= 11 is 5.38. The fraction of sp³-hybridized carbons (Fsp3) is 0.632. The maximum atomic E-state index is 5.38. The summed E-state index contributed by atoms with van der Waals surface area (Å²) in [7, 11) is 0. The van der Waals surface area contributed by atoms with Gasteiger partial charge in [-0.2, -0.15) is 0 Å². The van der Waals surface area contributed by atoms with Gasteiger partial charge in [-0.05, 0) is 57.3 Å². The number of nitrogens with zero attached hydrogens (tertiary/aromatic N) is 1. The second kappa shape index (κ2) is 7.63. The molecular weight excluding hydrogens is 302 g/mol. The second-order valence-electron chi connectivity index (χ2n) is 7.07. The van der Waals surface area contributed by atoms with Gasteiger partial charge < -0.3 is 10.6 Å². The van der Waals surface area contributed by atoms with E-state index in [1.165, 1.54) is 43.2 Å². The molecule has 2 N–H and O–H groups in total. The molecule has 1 aromatic carbocycles. The zero-order valence-electron chi connectivity index (χ0n) is 14.3. The molecule has 3 rings (SSSR count). The van der Waals surface area contributed by atoms with Crippen LogP contribution in [0.5, 0.6) is 0 Å². The van der Waals surface area contributed by atoms with Gasteiger partial charge in [0.2, 0.25) is 0 Å². The van der Waals surface area contributed by atoms with Crippen LogP contribution in [0, 0.1) is 6.92 Å². The van der Waals surface area contributed by atoms with Crippen molar-refractivity contribution in [3.8, 4) is 0 Å². The number of aryl methyl sites for hydroxylation is 1. The quantitative estimate of drug-likeness (QED) is 0.827. The second-order valence-corrected chi connectivity index (χ2v) is 7.48. The number of hydrogen-bond donors (Lipinski definition) is 2. The highest BCUT2D eigenvalue weighted by atomic mass is 32.1. The number of hydrogen-bond acceptors (Lipinski definition) is 2. The largest absolute Gasteiger partial charge is 0.363 e. The standard InChI is InChI=1S/C19H29N3S/c1-3-20-19(23)21-16-11-17-5-4-6-18(12-16)22(17)13-15-9-7-14(2)8-10-15/h7-10,16-18H,3-6,11-13H2,1-2H3,(H2,20,21,23)/t17-,18-/m0/s1. The number of benzene rings is 1. The average Bonchev–Trinajstić information content (AvgIpc) is 2.50. The number of fused-ring (bicyclic) bond motifs is 2. The molecule has 2 heterocycles. The Balaban J connectivity index is 1.62. The lowest BCUT2D eigenvalue weighted by molar-refractivity contribution is 0.0210. The van der Waals surface area contributed by atoms with Gasteiger partial charge in [-0.3, -0.25) is 4.90 Å².